The number of ether oxygens (including phenoxy) is 3. The zero-order valence-electron chi connectivity index (χ0n) is 15.3. The van der Waals surface area contributed by atoms with E-state index in [9.17, 15) is 0 Å². The zero-order chi connectivity index (χ0) is 18.0. The van der Waals surface area contributed by atoms with Gasteiger partial charge < -0.3 is 19.9 Å². The zero-order valence-corrected chi connectivity index (χ0v) is 15.3. The Morgan fingerprint density at radius 1 is 1.28 bits per heavy atom. The third-order valence-electron chi connectivity index (χ3n) is 4.28. The Labute approximate surface area is 149 Å². The lowest BCUT2D eigenvalue weighted by Gasteiger charge is -2.28. The van der Waals surface area contributed by atoms with Crippen LogP contribution in [0.1, 0.15) is 32.8 Å². The number of fused-ring (bicyclic) bond motifs is 3. The van der Waals surface area contributed by atoms with E-state index in [4.69, 9.17) is 19.9 Å². The van der Waals surface area contributed by atoms with Gasteiger partial charge in [-0.2, -0.15) is 0 Å². The monoisotopic (exact) mass is 342 g/mol. The first kappa shape index (κ1) is 17.5. The van der Waals surface area contributed by atoms with E-state index in [1.165, 1.54) is 0 Å². The summed E-state index contributed by atoms with van der Waals surface area (Å²) in [5, 5.41) is 0. The number of rotatable bonds is 6. The van der Waals surface area contributed by atoms with Crippen molar-refractivity contribution in [2.45, 2.75) is 39.3 Å². The second-order valence-electron chi connectivity index (χ2n) is 7.34. The number of hydrogen-bond donors (Lipinski definition) is 1. The molecular formula is C20H26N2O3. The SMILES string of the molecule is COc1c(OCC(C)(N)CC(C)C)ccc2c1OCc1cnccc1-2. The van der Waals surface area contributed by atoms with Crippen molar-refractivity contribution < 1.29 is 14.2 Å². The van der Waals surface area contributed by atoms with Crippen LogP contribution in [0.4, 0.5) is 0 Å². The van der Waals surface area contributed by atoms with Crippen molar-refractivity contribution in [3.05, 3.63) is 36.2 Å². The summed E-state index contributed by atoms with van der Waals surface area (Å²) in [6.07, 6.45) is 4.51. The maximum atomic E-state index is 6.35. The van der Waals surface area contributed by atoms with Gasteiger partial charge in [-0.1, -0.05) is 13.8 Å². The molecule has 0 fully saturated rings. The molecule has 1 atom stereocenters. The van der Waals surface area contributed by atoms with Gasteiger partial charge in [-0.05, 0) is 43.0 Å². The summed E-state index contributed by atoms with van der Waals surface area (Å²) in [6, 6.07) is 5.92. The average Bonchev–Trinajstić information content (AvgIpc) is 2.58. The van der Waals surface area contributed by atoms with Gasteiger partial charge in [0.05, 0.1) is 7.11 Å². The highest BCUT2D eigenvalue weighted by Gasteiger charge is 2.26. The average molecular weight is 342 g/mol. The number of hydrogen-bond acceptors (Lipinski definition) is 5. The highest BCUT2D eigenvalue weighted by atomic mass is 16.5. The van der Waals surface area contributed by atoms with Crippen LogP contribution in [0.2, 0.25) is 0 Å². The standard InChI is InChI=1S/C20H26N2O3/c1-13(2)9-20(3,21)12-25-17-6-5-16-15-7-8-22-10-14(15)11-24-18(16)19(17)23-4/h5-8,10,13H,9,11-12,21H2,1-4H3. The van der Waals surface area contributed by atoms with E-state index in [-0.39, 0.29) is 0 Å². The molecule has 25 heavy (non-hydrogen) atoms. The Balaban J connectivity index is 1.89. The number of methoxy groups -OCH3 is 1. The molecule has 1 unspecified atom stereocenters. The number of pyridine rings is 1. The molecule has 0 spiro atoms. The predicted molar refractivity (Wildman–Crippen MR) is 98.1 cm³/mol. The maximum Gasteiger partial charge on any atom is 0.203 e. The van der Waals surface area contributed by atoms with Gasteiger partial charge in [-0.25, -0.2) is 0 Å². The van der Waals surface area contributed by atoms with Crippen LogP contribution < -0.4 is 19.9 Å². The number of nitrogens with two attached hydrogens (primary N) is 1. The minimum Gasteiger partial charge on any atom is -0.490 e. The van der Waals surface area contributed by atoms with Crippen molar-refractivity contribution in [3.63, 3.8) is 0 Å². The van der Waals surface area contributed by atoms with Crippen LogP contribution in [-0.4, -0.2) is 24.2 Å². The molecule has 0 bridgehead atoms. The molecule has 0 radical (unpaired) electrons. The highest BCUT2D eigenvalue weighted by Crippen LogP contribution is 2.47. The first-order valence-electron chi connectivity index (χ1n) is 8.60. The Morgan fingerprint density at radius 2 is 2.08 bits per heavy atom. The van der Waals surface area contributed by atoms with Crippen LogP contribution in [0.25, 0.3) is 11.1 Å². The highest BCUT2D eigenvalue weighted by molar-refractivity contribution is 5.79. The number of nitrogens with zero attached hydrogens (tertiary/aromatic N) is 1. The second kappa shape index (κ2) is 6.92. The summed E-state index contributed by atoms with van der Waals surface area (Å²) in [5.74, 6) is 2.48. The minimum absolute atomic E-state index is 0.395. The molecule has 134 valence electrons. The van der Waals surface area contributed by atoms with E-state index in [1.807, 2.05) is 31.3 Å². The summed E-state index contributed by atoms with van der Waals surface area (Å²) in [5.41, 5.74) is 9.13. The van der Waals surface area contributed by atoms with Gasteiger partial charge in [-0.3, -0.25) is 4.98 Å². The van der Waals surface area contributed by atoms with Gasteiger partial charge in [0.25, 0.3) is 0 Å². The Morgan fingerprint density at radius 3 is 2.80 bits per heavy atom. The van der Waals surface area contributed by atoms with E-state index < -0.39 is 5.54 Å². The lowest BCUT2D eigenvalue weighted by Crippen LogP contribution is -2.43. The fraction of sp³-hybridized carbons (Fsp3) is 0.450. The normalized spacial score (nSPS) is 15.0. The molecular weight excluding hydrogens is 316 g/mol. The Hall–Kier alpha value is -2.27. The molecule has 3 rings (SSSR count). The molecule has 1 aromatic heterocycles. The van der Waals surface area contributed by atoms with E-state index in [0.717, 1.165) is 23.1 Å². The molecule has 1 aliphatic rings. The van der Waals surface area contributed by atoms with Gasteiger partial charge in [0, 0.05) is 29.1 Å². The topological polar surface area (TPSA) is 66.6 Å². The summed E-state index contributed by atoms with van der Waals surface area (Å²) in [4.78, 5) is 4.16. The van der Waals surface area contributed by atoms with Crippen LogP contribution in [0, 0.1) is 5.92 Å². The Bertz CT molecular complexity index is 757. The van der Waals surface area contributed by atoms with E-state index in [0.29, 0.717) is 36.4 Å². The van der Waals surface area contributed by atoms with Gasteiger partial charge in [0.15, 0.2) is 11.5 Å². The molecule has 0 saturated carbocycles. The minimum atomic E-state index is -0.395. The van der Waals surface area contributed by atoms with Crippen molar-refractivity contribution in [1.82, 2.24) is 4.98 Å². The van der Waals surface area contributed by atoms with Gasteiger partial charge >= 0.3 is 0 Å². The predicted octanol–water partition coefficient (Wildman–Crippen LogP) is 3.79. The lowest BCUT2D eigenvalue weighted by molar-refractivity contribution is 0.196. The first-order valence-corrected chi connectivity index (χ1v) is 8.60. The van der Waals surface area contributed by atoms with Crippen LogP contribution >= 0.6 is 0 Å². The summed E-state index contributed by atoms with van der Waals surface area (Å²) in [6.45, 7) is 7.21. The molecule has 5 nitrogen and oxygen atoms in total. The molecule has 2 aromatic rings. The van der Waals surface area contributed by atoms with Crippen molar-refractivity contribution in [2.75, 3.05) is 13.7 Å². The van der Waals surface area contributed by atoms with Crippen molar-refractivity contribution >= 4 is 0 Å². The number of benzene rings is 1. The molecule has 0 amide bonds. The van der Waals surface area contributed by atoms with E-state index in [2.05, 4.69) is 18.8 Å². The quantitative estimate of drug-likeness (QED) is 0.865. The lowest BCUT2D eigenvalue weighted by atomic mass is 9.93. The van der Waals surface area contributed by atoms with E-state index >= 15 is 0 Å². The number of aromatic nitrogens is 1. The van der Waals surface area contributed by atoms with Gasteiger partial charge in [0.1, 0.15) is 13.2 Å². The molecule has 0 saturated heterocycles. The summed E-state index contributed by atoms with van der Waals surface area (Å²) in [7, 11) is 1.63. The third kappa shape index (κ3) is 3.71. The largest absolute Gasteiger partial charge is 0.490 e. The summed E-state index contributed by atoms with van der Waals surface area (Å²) < 4.78 is 17.5. The van der Waals surface area contributed by atoms with Gasteiger partial charge in [-0.15, -0.1) is 0 Å². The van der Waals surface area contributed by atoms with Crippen molar-refractivity contribution in [2.24, 2.45) is 11.7 Å². The molecule has 2 heterocycles. The van der Waals surface area contributed by atoms with Crippen LogP contribution in [0.3, 0.4) is 0 Å². The Kier molecular flexibility index (Phi) is 4.86. The van der Waals surface area contributed by atoms with Crippen molar-refractivity contribution in [3.8, 4) is 28.4 Å². The van der Waals surface area contributed by atoms with Crippen LogP contribution in [0.5, 0.6) is 17.2 Å². The maximum absolute atomic E-state index is 6.35. The smallest absolute Gasteiger partial charge is 0.203 e. The fourth-order valence-corrected chi connectivity index (χ4v) is 3.40. The van der Waals surface area contributed by atoms with Crippen LogP contribution in [-0.2, 0) is 6.61 Å². The fourth-order valence-electron chi connectivity index (χ4n) is 3.40. The second-order valence-corrected chi connectivity index (χ2v) is 7.34. The van der Waals surface area contributed by atoms with Gasteiger partial charge in [0.2, 0.25) is 5.75 Å². The molecule has 5 heteroatoms. The molecule has 2 N–H and O–H groups in total. The van der Waals surface area contributed by atoms with Crippen molar-refractivity contribution in [1.29, 1.82) is 0 Å². The van der Waals surface area contributed by atoms with Crippen LogP contribution in [0.15, 0.2) is 30.6 Å². The molecule has 1 aromatic carbocycles. The molecule has 0 aliphatic carbocycles. The molecule has 1 aliphatic heterocycles. The third-order valence-corrected chi connectivity index (χ3v) is 4.28. The van der Waals surface area contributed by atoms with E-state index in [1.54, 1.807) is 13.3 Å². The summed E-state index contributed by atoms with van der Waals surface area (Å²) >= 11 is 0. The first-order chi connectivity index (χ1) is 11.9.